The van der Waals surface area contributed by atoms with E-state index in [0.29, 0.717) is 0 Å². The molecule has 0 saturated carbocycles. The topological polar surface area (TPSA) is 29.5 Å². The molecular weight excluding hydrogens is 623 g/mol. The van der Waals surface area contributed by atoms with Crippen molar-refractivity contribution in [3.05, 3.63) is 163 Å². The Bertz CT molecular complexity index is 2960. The van der Waals surface area contributed by atoms with Crippen molar-refractivity contribution in [2.45, 2.75) is 26.2 Å². The molecule has 0 N–H and O–H groups in total. The zero-order chi connectivity index (χ0) is 34.3. The maximum Gasteiger partial charge on any atom is 0.143 e. The van der Waals surface area contributed by atoms with E-state index < -0.39 is 0 Å². The number of para-hydroxylation sites is 2. The van der Waals surface area contributed by atoms with Crippen LogP contribution in [0.4, 0.5) is 17.1 Å². The van der Waals surface area contributed by atoms with Gasteiger partial charge >= 0.3 is 0 Å². The van der Waals surface area contributed by atoms with Crippen LogP contribution in [0.15, 0.2) is 167 Å². The minimum absolute atomic E-state index is 0.0329. The second-order valence-electron chi connectivity index (χ2n) is 14.6. The van der Waals surface area contributed by atoms with Gasteiger partial charge in [0, 0.05) is 50.1 Å². The van der Waals surface area contributed by atoms with Crippen molar-refractivity contribution in [2.75, 3.05) is 4.90 Å². The van der Waals surface area contributed by atoms with Gasteiger partial charge < -0.3 is 13.7 Å². The molecule has 3 nitrogen and oxygen atoms in total. The lowest BCUT2D eigenvalue weighted by atomic mass is 9.87. The first kappa shape index (κ1) is 29.6. The highest BCUT2D eigenvalue weighted by molar-refractivity contribution is 6.16. The third kappa shape index (κ3) is 4.73. The smallest absolute Gasteiger partial charge is 0.143 e. The molecule has 0 aliphatic heterocycles. The number of fused-ring (bicyclic) bond motifs is 8. The monoisotopic (exact) mass is 657 g/mol. The summed E-state index contributed by atoms with van der Waals surface area (Å²) in [5.74, 6) is 0. The van der Waals surface area contributed by atoms with E-state index in [2.05, 4.69) is 177 Å². The second-order valence-corrected chi connectivity index (χ2v) is 14.6. The fourth-order valence-electron chi connectivity index (χ4n) is 7.80. The van der Waals surface area contributed by atoms with Crippen LogP contribution in [0.25, 0.3) is 76.5 Å². The molecule has 0 spiro atoms. The molecule has 0 unspecified atom stereocenters. The Kier molecular flexibility index (Phi) is 6.44. The SMILES string of the molecule is CC(C)(C)c1ccc(N(c2ccc3c(c2)oc2cc4ccccc4cc23)c2ccc3ccccc3c2-c2cccc3c2oc2ccccc23)cc1. The predicted octanol–water partition coefficient (Wildman–Crippen LogP) is 14.2. The van der Waals surface area contributed by atoms with Gasteiger partial charge in [-0.05, 0) is 81.1 Å². The van der Waals surface area contributed by atoms with E-state index in [1.54, 1.807) is 0 Å². The van der Waals surface area contributed by atoms with E-state index >= 15 is 0 Å². The molecule has 8 aromatic carbocycles. The van der Waals surface area contributed by atoms with Gasteiger partial charge in [0.15, 0.2) is 0 Å². The molecule has 10 rings (SSSR count). The van der Waals surface area contributed by atoms with Crippen LogP contribution >= 0.6 is 0 Å². The summed E-state index contributed by atoms with van der Waals surface area (Å²) in [6.45, 7) is 6.77. The summed E-state index contributed by atoms with van der Waals surface area (Å²) in [5, 5.41) is 9.17. The lowest BCUT2D eigenvalue weighted by Crippen LogP contribution is -2.14. The molecule has 244 valence electrons. The summed E-state index contributed by atoms with van der Waals surface area (Å²) >= 11 is 0. The Labute approximate surface area is 296 Å². The van der Waals surface area contributed by atoms with Crippen molar-refractivity contribution in [3.8, 4) is 11.1 Å². The van der Waals surface area contributed by atoms with E-state index in [1.807, 2.05) is 6.07 Å². The van der Waals surface area contributed by atoms with Gasteiger partial charge in [0.1, 0.15) is 22.3 Å². The van der Waals surface area contributed by atoms with Gasteiger partial charge in [0.2, 0.25) is 0 Å². The van der Waals surface area contributed by atoms with Crippen LogP contribution in [0.2, 0.25) is 0 Å². The van der Waals surface area contributed by atoms with E-state index in [0.717, 1.165) is 77.5 Å². The molecule has 51 heavy (non-hydrogen) atoms. The molecular formula is C48H35NO2. The number of rotatable bonds is 4. The number of furan rings is 2. The van der Waals surface area contributed by atoms with Gasteiger partial charge in [-0.25, -0.2) is 0 Å². The van der Waals surface area contributed by atoms with Crippen LogP contribution in [0.5, 0.6) is 0 Å². The van der Waals surface area contributed by atoms with Gasteiger partial charge in [0.25, 0.3) is 0 Å². The molecule has 0 aliphatic carbocycles. The third-order valence-corrected chi connectivity index (χ3v) is 10.4. The minimum Gasteiger partial charge on any atom is -0.456 e. The zero-order valence-corrected chi connectivity index (χ0v) is 28.8. The molecule has 0 fully saturated rings. The van der Waals surface area contributed by atoms with E-state index in [4.69, 9.17) is 8.83 Å². The van der Waals surface area contributed by atoms with Gasteiger partial charge in [-0.15, -0.1) is 0 Å². The van der Waals surface area contributed by atoms with Crippen molar-refractivity contribution in [1.82, 2.24) is 0 Å². The van der Waals surface area contributed by atoms with E-state index in [1.165, 1.54) is 21.7 Å². The van der Waals surface area contributed by atoms with Gasteiger partial charge in [-0.1, -0.05) is 124 Å². The second kappa shape index (κ2) is 11.1. The predicted molar refractivity (Wildman–Crippen MR) is 215 cm³/mol. The van der Waals surface area contributed by atoms with Crippen molar-refractivity contribution in [2.24, 2.45) is 0 Å². The van der Waals surface area contributed by atoms with Crippen LogP contribution in [0.1, 0.15) is 26.3 Å². The van der Waals surface area contributed by atoms with Crippen LogP contribution in [0.3, 0.4) is 0 Å². The molecule has 0 atom stereocenters. The van der Waals surface area contributed by atoms with Crippen molar-refractivity contribution >= 4 is 82.5 Å². The number of anilines is 3. The summed E-state index contributed by atoms with van der Waals surface area (Å²) in [6, 6.07) is 56.5. The summed E-state index contributed by atoms with van der Waals surface area (Å²) in [6.07, 6.45) is 0. The fourth-order valence-corrected chi connectivity index (χ4v) is 7.80. The van der Waals surface area contributed by atoms with Gasteiger partial charge in [-0.3, -0.25) is 0 Å². The fraction of sp³-hybridized carbons (Fsp3) is 0.0833. The van der Waals surface area contributed by atoms with Crippen LogP contribution in [-0.2, 0) is 5.41 Å². The third-order valence-electron chi connectivity index (χ3n) is 10.4. The number of hydrogen-bond donors (Lipinski definition) is 0. The maximum absolute atomic E-state index is 6.68. The lowest BCUT2D eigenvalue weighted by molar-refractivity contribution is 0.590. The van der Waals surface area contributed by atoms with Crippen LogP contribution in [0, 0.1) is 0 Å². The molecule has 0 saturated heterocycles. The van der Waals surface area contributed by atoms with Crippen molar-refractivity contribution in [3.63, 3.8) is 0 Å². The summed E-state index contributed by atoms with van der Waals surface area (Å²) < 4.78 is 13.3. The molecule has 2 heterocycles. The molecule has 0 radical (unpaired) electrons. The maximum atomic E-state index is 6.68. The molecule has 0 amide bonds. The van der Waals surface area contributed by atoms with Crippen molar-refractivity contribution in [1.29, 1.82) is 0 Å². The van der Waals surface area contributed by atoms with Gasteiger partial charge in [-0.2, -0.15) is 0 Å². The normalized spacial score (nSPS) is 12.2. The largest absolute Gasteiger partial charge is 0.456 e. The summed E-state index contributed by atoms with van der Waals surface area (Å²) in [5.41, 5.74) is 10.2. The minimum atomic E-state index is 0.0329. The first-order valence-corrected chi connectivity index (χ1v) is 17.6. The standard InChI is InChI=1S/C48H35NO2/c1-48(2,3)33-20-22-34(23-21-33)49(35-24-25-38-41-27-31-12-4-5-13-32(31)28-44(41)50-45(38)29-35)42-26-19-30-11-6-7-14-36(30)46(42)40-17-10-16-39-37-15-8-9-18-43(37)51-47(39)40/h4-29H,1-3H3. The molecule has 0 bridgehead atoms. The Balaban J connectivity index is 1.26. The first-order chi connectivity index (χ1) is 24.9. The zero-order valence-electron chi connectivity index (χ0n) is 28.8. The Morgan fingerprint density at radius 1 is 0.431 bits per heavy atom. The van der Waals surface area contributed by atoms with E-state index in [-0.39, 0.29) is 5.41 Å². The Morgan fingerprint density at radius 3 is 1.88 bits per heavy atom. The number of hydrogen-bond acceptors (Lipinski definition) is 3. The van der Waals surface area contributed by atoms with Crippen LogP contribution in [-0.4, -0.2) is 0 Å². The number of benzene rings is 8. The molecule has 10 aromatic rings. The first-order valence-electron chi connectivity index (χ1n) is 17.6. The quantitative estimate of drug-likeness (QED) is 0.189. The highest BCUT2D eigenvalue weighted by Crippen LogP contribution is 2.48. The summed E-state index contributed by atoms with van der Waals surface area (Å²) in [4.78, 5) is 2.37. The molecule has 0 aliphatic rings. The average molecular weight is 658 g/mol. The Morgan fingerprint density at radius 2 is 1.08 bits per heavy atom. The molecule has 2 aromatic heterocycles. The highest BCUT2D eigenvalue weighted by atomic mass is 16.3. The highest BCUT2D eigenvalue weighted by Gasteiger charge is 2.24. The lowest BCUT2D eigenvalue weighted by Gasteiger charge is -2.29. The average Bonchev–Trinajstić information content (AvgIpc) is 3.71. The van der Waals surface area contributed by atoms with Crippen LogP contribution < -0.4 is 4.90 Å². The number of nitrogens with zero attached hydrogens (tertiary/aromatic N) is 1. The Hall–Kier alpha value is -6.32. The van der Waals surface area contributed by atoms with E-state index in [9.17, 15) is 0 Å². The van der Waals surface area contributed by atoms with Gasteiger partial charge in [0.05, 0.1) is 5.69 Å². The summed E-state index contributed by atoms with van der Waals surface area (Å²) in [7, 11) is 0. The van der Waals surface area contributed by atoms with Crippen molar-refractivity contribution < 1.29 is 8.83 Å². The molecule has 3 heteroatoms.